The van der Waals surface area contributed by atoms with E-state index in [1.807, 2.05) is 0 Å². The molecular formula is C2H6CuO2Pb. The van der Waals surface area contributed by atoms with Crippen molar-refractivity contribution in [2.75, 3.05) is 0 Å². The zero-order valence-corrected chi connectivity index (χ0v) is 9.80. The Morgan fingerprint density at radius 2 is 1.67 bits per heavy atom. The van der Waals surface area contributed by atoms with Crippen molar-refractivity contribution in [1.82, 2.24) is 0 Å². The van der Waals surface area contributed by atoms with Gasteiger partial charge in [-0.3, -0.25) is 4.79 Å². The average molecular weight is 333 g/mol. The Hall–Kier alpha value is 0.912. The van der Waals surface area contributed by atoms with Crippen molar-refractivity contribution in [3.63, 3.8) is 0 Å². The van der Waals surface area contributed by atoms with Gasteiger partial charge in [-0.15, -0.1) is 0 Å². The van der Waals surface area contributed by atoms with E-state index in [1.54, 1.807) is 0 Å². The third-order valence-corrected chi connectivity index (χ3v) is 0. The van der Waals surface area contributed by atoms with Crippen molar-refractivity contribution in [3.05, 3.63) is 0 Å². The number of hydrogen-bond donors (Lipinski definition) is 1. The summed E-state index contributed by atoms with van der Waals surface area (Å²) in [5.74, 6) is -0.833. The molecule has 0 bridgehead atoms. The van der Waals surface area contributed by atoms with Crippen LogP contribution in [0.25, 0.3) is 0 Å². The average Bonchev–Trinajstić information content (AvgIpc) is 0.811. The van der Waals surface area contributed by atoms with E-state index in [-0.39, 0.29) is 44.4 Å². The molecule has 0 fully saturated rings. The van der Waals surface area contributed by atoms with Gasteiger partial charge in [-0.1, -0.05) is 0 Å². The van der Waals surface area contributed by atoms with Crippen LogP contribution in [0.2, 0.25) is 0 Å². The molecule has 0 aromatic rings. The summed E-state index contributed by atoms with van der Waals surface area (Å²) in [6.07, 6.45) is 0. The molecule has 0 unspecified atom stereocenters. The van der Waals surface area contributed by atoms with Crippen LogP contribution in [0.15, 0.2) is 0 Å². The van der Waals surface area contributed by atoms with Gasteiger partial charge >= 0.3 is 27.3 Å². The monoisotopic (exact) mass is 333 g/mol. The molecule has 3 radical (unpaired) electrons. The molecule has 0 atom stereocenters. The Labute approximate surface area is 66.9 Å². The van der Waals surface area contributed by atoms with Crippen LogP contribution in [0.5, 0.6) is 0 Å². The Bertz CT molecular complexity index is 34.5. The normalized spacial score (nSPS) is 4.17. The number of aliphatic carboxylic acids is 1. The summed E-state index contributed by atoms with van der Waals surface area (Å²) in [6.45, 7) is 1.08. The minimum absolute atomic E-state index is 0. The van der Waals surface area contributed by atoms with Gasteiger partial charge in [-0.25, -0.2) is 0 Å². The fraction of sp³-hybridized carbons (Fsp3) is 0.500. The van der Waals surface area contributed by atoms with Crippen molar-refractivity contribution in [1.29, 1.82) is 0 Å². The van der Waals surface area contributed by atoms with Gasteiger partial charge < -0.3 is 5.11 Å². The predicted molar refractivity (Wildman–Crippen MR) is 21.9 cm³/mol. The summed E-state index contributed by atoms with van der Waals surface area (Å²) in [6, 6.07) is 0. The third-order valence-electron chi connectivity index (χ3n) is 0. The first-order valence-electron chi connectivity index (χ1n) is 0.928. The van der Waals surface area contributed by atoms with Crippen molar-refractivity contribution < 1.29 is 27.0 Å². The molecular weight excluding hydrogens is 327 g/mol. The zero-order chi connectivity index (χ0) is 3.58. The molecule has 0 heterocycles. The Morgan fingerprint density at radius 1 is 1.67 bits per heavy atom. The molecule has 0 amide bonds. The van der Waals surface area contributed by atoms with Crippen LogP contribution < -0.4 is 0 Å². The predicted octanol–water partition coefficient (Wildman–Crippen LogP) is -0.828. The molecule has 0 rings (SSSR count). The molecule has 0 aliphatic heterocycles. The second kappa shape index (κ2) is 9.32. The summed E-state index contributed by atoms with van der Waals surface area (Å²) >= 11 is 0. The number of rotatable bonds is 0. The minimum atomic E-state index is -0.833. The number of carbonyl (C=O) groups is 1. The first kappa shape index (κ1) is 15.8. The van der Waals surface area contributed by atoms with E-state index in [2.05, 4.69) is 0 Å². The van der Waals surface area contributed by atoms with Crippen LogP contribution in [0.3, 0.4) is 0 Å². The molecule has 0 aliphatic rings. The van der Waals surface area contributed by atoms with Gasteiger partial charge in [-0.2, -0.15) is 0 Å². The van der Waals surface area contributed by atoms with E-state index >= 15 is 0 Å². The van der Waals surface area contributed by atoms with Crippen LogP contribution in [-0.2, 0) is 21.9 Å². The molecule has 0 spiro atoms. The summed E-state index contributed by atoms with van der Waals surface area (Å²) in [5.41, 5.74) is 0. The van der Waals surface area contributed by atoms with Crippen LogP contribution >= 0.6 is 0 Å². The summed E-state index contributed by atoms with van der Waals surface area (Å²) in [7, 11) is 0. The van der Waals surface area contributed by atoms with Crippen molar-refractivity contribution in [2.24, 2.45) is 0 Å². The van der Waals surface area contributed by atoms with E-state index < -0.39 is 5.97 Å². The number of carboxylic acids is 1. The SMILES string of the molecule is CC(=O)O.[Cu].[PbH2]. The van der Waals surface area contributed by atoms with Gasteiger partial charge in [0.2, 0.25) is 0 Å². The molecule has 1 N–H and O–H groups in total. The fourth-order valence-electron chi connectivity index (χ4n) is 0. The molecule has 0 saturated carbocycles. The topological polar surface area (TPSA) is 37.3 Å². The first-order chi connectivity index (χ1) is 1.73. The molecule has 2 nitrogen and oxygen atoms in total. The first-order valence-corrected chi connectivity index (χ1v) is 0.928. The van der Waals surface area contributed by atoms with Gasteiger partial charge in [0.15, 0.2) is 0 Å². The molecule has 4 heteroatoms. The van der Waals surface area contributed by atoms with Crippen LogP contribution in [0, 0.1) is 0 Å². The standard InChI is InChI=1S/C2H4O2.Cu.Pb.2H/c1-2(3)4;;;;/h1H3,(H,3,4);;;;. The summed E-state index contributed by atoms with van der Waals surface area (Å²) in [5, 5.41) is 7.42. The van der Waals surface area contributed by atoms with E-state index in [9.17, 15) is 0 Å². The molecule has 0 aromatic carbocycles. The van der Waals surface area contributed by atoms with Gasteiger partial charge in [-0.05, 0) is 0 Å². The van der Waals surface area contributed by atoms with E-state index in [0.29, 0.717) is 0 Å². The maximum atomic E-state index is 9.00. The van der Waals surface area contributed by atoms with Gasteiger partial charge in [0.25, 0.3) is 5.97 Å². The van der Waals surface area contributed by atoms with Crippen LogP contribution in [0.1, 0.15) is 6.92 Å². The molecule has 0 aliphatic carbocycles. The van der Waals surface area contributed by atoms with Crippen molar-refractivity contribution in [2.45, 2.75) is 6.92 Å². The van der Waals surface area contributed by atoms with Gasteiger partial charge in [0, 0.05) is 24.0 Å². The van der Waals surface area contributed by atoms with E-state index in [0.717, 1.165) is 6.92 Å². The quantitative estimate of drug-likeness (QED) is 0.588. The number of carboxylic acid groups (broad SMARTS) is 1. The van der Waals surface area contributed by atoms with Crippen molar-refractivity contribution in [3.8, 4) is 0 Å². The summed E-state index contributed by atoms with van der Waals surface area (Å²) < 4.78 is 0. The Kier molecular flexibility index (Phi) is 24.5. The van der Waals surface area contributed by atoms with E-state index in [1.165, 1.54) is 0 Å². The van der Waals surface area contributed by atoms with Gasteiger partial charge in [0.05, 0.1) is 0 Å². The Balaban J connectivity index is -0.0000000450. The maximum absolute atomic E-state index is 9.00. The number of hydrogen-bond acceptors (Lipinski definition) is 1. The van der Waals surface area contributed by atoms with Crippen LogP contribution in [-0.4, -0.2) is 38.4 Å². The molecule has 6 heavy (non-hydrogen) atoms. The Morgan fingerprint density at radius 3 is 1.67 bits per heavy atom. The molecule has 41 valence electrons. The van der Waals surface area contributed by atoms with E-state index in [4.69, 9.17) is 9.90 Å². The second-order valence-electron chi connectivity index (χ2n) is 0.519. The fourth-order valence-corrected chi connectivity index (χ4v) is 0. The molecule has 0 aromatic heterocycles. The van der Waals surface area contributed by atoms with Crippen molar-refractivity contribution >= 4 is 33.3 Å². The third kappa shape index (κ3) is 90.4. The molecule has 0 saturated heterocycles. The second-order valence-corrected chi connectivity index (χ2v) is 0.519. The van der Waals surface area contributed by atoms with Crippen LogP contribution in [0.4, 0.5) is 0 Å². The zero-order valence-electron chi connectivity index (χ0n) is 3.36. The van der Waals surface area contributed by atoms with Gasteiger partial charge in [0.1, 0.15) is 0 Å². The summed E-state index contributed by atoms with van der Waals surface area (Å²) in [4.78, 5) is 9.00.